The van der Waals surface area contributed by atoms with Crippen molar-refractivity contribution in [2.75, 3.05) is 6.61 Å². The number of Topliss-reactive ketones (excluding diaryl/α,β-unsaturated/α-hetero) is 1. The van der Waals surface area contributed by atoms with Gasteiger partial charge in [0.1, 0.15) is 11.6 Å². The van der Waals surface area contributed by atoms with E-state index in [0.717, 1.165) is 18.4 Å². The molecule has 0 N–H and O–H groups in total. The van der Waals surface area contributed by atoms with Gasteiger partial charge in [0, 0.05) is 17.2 Å². The van der Waals surface area contributed by atoms with Crippen LogP contribution in [0.15, 0.2) is 42.5 Å². The molecule has 0 saturated carbocycles. The van der Waals surface area contributed by atoms with Crippen LogP contribution in [0.1, 0.15) is 49.9 Å². The summed E-state index contributed by atoms with van der Waals surface area (Å²) in [6.45, 7) is 4.30. The summed E-state index contributed by atoms with van der Waals surface area (Å²) in [5.74, 6) is 0.249. The summed E-state index contributed by atoms with van der Waals surface area (Å²) in [4.78, 5) is 11.3. The van der Waals surface area contributed by atoms with Gasteiger partial charge in [-0.1, -0.05) is 50.5 Å². The van der Waals surface area contributed by atoms with Gasteiger partial charge in [0.25, 0.3) is 0 Å². The van der Waals surface area contributed by atoms with E-state index in [9.17, 15) is 9.18 Å². The number of benzene rings is 2. The van der Waals surface area contributed by atoms with Crippen molar-refractivity contribution in [2.45, 2.75) is 39.5 Å². The van der Waals surface area contributed by atoms with Crippen molar-refractivity contribution in [3.05, 3.63) is 53.8 Å². The van der Waals surface area contributed by atoms with Crippen molar-refractivity contribution in [3.8, 4) is 16.9 Å². The largest absolute Gasteiger partial charge is 0.493 e. The van der Waals surface area contributed by atoms with E-state index in [0.29, 0.717) is 23.5 Å². The number of ether oxygens (including phenoxy) is 1. The molecule has 3 heteroatoms. The monoisotopic (exact) mass is 314 g/mol. The van der Waals surface area contributed by atoms with E-state index in [1.54, 1.807) is 36.4 Å². The summed E-state index contributed by atoms with van der Waals surface area (Å²) in [7, 11) is 0. The zero-order valence-corrected chi connectivity index (χ0v) is 13.8. The number of hydrogen-bond donors (Lipinski definition) is 0. The molecule has 0 amide bonds. The minimum atomic E-state index is -0.313. The summed E-state index contributed by atoms with van der Waals surface area (Å²) in [6.07, 6.45) is 4.52. The number of unbranched alkanes of at least 4 members (excludes halogenated alkanes) is 3. The molecular weight excluding hydrogens is 291 g/mol. The average Bonchev–Trinajstić information content (AvgIpc) is 2.55. The normalized spacial score (nSPS) is 10.6. The molecule has 0 heterocycles. The number of rotatable bonds is 8. The van der Waals surface area contributed by atoms with E-state index >= 15 is 0 Å². The van der Waals surface area contributed by atoms with Gasteiger partial charge in [0.15, 0.2) is 5.78 Å². The molecule has 0 bridgehead atoms. The first-order valence-corrected chi connectivity index (χ1v) is 8.15. The number of ketones is 1. The Balaban J connectivity index is 2.02. The number of carbonyl (C=O) groups excluding carboxylic acids is 1. The van der Waals surface area contributed by atoms with Crippen LogP contribution in [-0.4, -0.2) is 12.4 Å². The zero-order valence-electron chi connectivity index (χ0n) is 13.8. The number of halogens is 1. The van der Waals surface area contributed by atoms with Crippen LogP contribution in [0, 0.1) is 5.82 Å². The molecule has 0 aliphatic carbocycles. The van der Waals surface area contributed by atoms with E-state index in [4.69, 9.17) is 4.74 Å². The molecule has 0 aromatic heterocycles. The smallest absolute Gasteiger partial charge is 0.159 e. The van der Waals surface area contributed by atoms with Crippen LogP contribution in [0.4, 0.5) is 4.39 Å². The summed E-state index contributed by atoms with van der Waals surface area (Å²) in [5, 5.41) is 0. The van der Waals surface area contributed by atoms with Gasteiger partial charge in [-0.2, -0.15) is 0 Å². The van der Waals surface area contributed by atoms with Crippen LogP contribution < -0.4 is 4.74 Å². The Labute approximate surface area is 137 Å². The van der Waals surface area contributed by atoms with Crippen LogP contribution in [0.25, 0.3) is 11.1 Å². The lowest BCUT2D eigenvalue weighted by Crippen LogP contribution is -1.98. The molecule has 122 valence electrons. The summed E-state index contributed by atoms with van der Waals surface area (Å²) in [6, 6.07) is 11.9. The Morgan fingerprint density at radius 2 is 1.78 bits per heavy atom. The first-order chi connectivity index (χ1) is 11.1. The van der Waals surface area contributed by atoms with Gasteiger partial charge in [-0.25, -0.2) is 4.39 Å². The van der Waals surface area contributed by atoms with Crippen molar-refractivity contribution < 1.29 is 13.9 Å². The fourth-order valence-electron chi connectivity index (χ4n) is 2.42. The molecule has 2 aromatic rings. The molecule has 23 heavy (non-hydrogen) atoms. The third kappa shape index (κ3) is 4.92. The highest BCUT2D eigenvalue weighted by molar-refractivity contribution is 5.94. The van der Waals surface area contributed by atoms with E-state index in [1.165, 1.54) is 25.8 Å². The van der Waals surface area contributed by atoms with Gasteiger partial charge in [0.05, 0.1) is 6.61 Å². The SMILES string of the molecule is CCCCCCOc1ccc(-c2ccc(C(C)=O)cc2)c(F)c1. The van der Waals surface area contributed by atoms with Gasteiger partial charge >= 0.3 is 0 Å². The molecule has 0 fully saturated rings. The van der Waals surface area contributed by atoms with E-state index in [1.807, 2.05) is 0 Å². The van der Waals surface area contributed by atoms with Crippen molar-refractivity contribution in [1.82, 2.24) is 0 Å². The predicted octanol–water partition coefficient (Wildman–Crippen LogP) is 5.65. The Morgan fingerprint density at radius 3 is 2.39 bits per heavy atom. The molecule has 0 radical (unpaired) electrons. The standard InChI is InChI=1S/C20H23FO2/c1-3-4-5-6-13-23-18-11-12-19(20(21)14-18)17-9-7-16(8-10-17)15(2)22/h7-12,14H,3-6,13H2,1-2H3. The van der Waals surface area contributed by atoms with Crippen LogP contribution in [-0.2, 0) is 0 Å². The lowest BCUT2D eigenvalue weighted by atomic mass is 10.0. The fourth-order valence-corrected chi connectivity index (χ4v) is 2.42. The average molecular weight is 314 g/mol. The molecular formula is C20H23FO2. The highest BCUT2D eigenvalue weighted by Crippen LogP contribution is 2.26. The van der Waals surface area contributed by atoms with Crippen molar-refractivity contribution in [2.24, 2.45) is 0 Å². The van der Waals surface area contributed by atoms with Gasteiger partial charge in [-0.05, 0) is 31.0 Å². The van der Waals surface area contributed by atoms with Crippen LogP contribution in [0.5, 0.6) is 5.75 Å². The Kier molecular flexibility index (Phi) is 6.33. The molecule has 0 atom stereocenters. The molecule has 0 unspecified atom stereocenters. The highest BCUT2D eigenvalue weighted by Gasteiger charge is 2.08. The molecule has 0 spiro atoms. The fraction of sp³-hybridized carbons (Fsp3) is 0.350. The van der Waals surface area contributed by atoms with Crippen LogP contribution in [0.2, 0.25) is 0 Å². The van der Waals surface area contributed by atoms with Crippen molar-refractivity contribution >= 4 is 5.78 Å². The molecule has 0 saturated heterocycles. The third-order valence-corrected chi connectivity index (χ3v) is 3.81. The molecule has 2 nitrogen and oxygen atoms in total. The number of hydrogen-bond acceptors (Lipinski definition) is 2. The van der Waals surface area contributed by atoms with Crippen molar-refractivity contribution in [1.29, 1.82) is 0 Å². The third-order valence-electron chi connectivity index (χ3n) is 3.81. The molecule has 2 rings (SSSR count). The minimum Gasteiger partial charge on any atom is -0.493 e. The highest BCUT2D eigenvalue weighted by atomic mass is 19.1. The minimum absolute atomic E-state index is 0.00356. The zero-order chi connectivity index (χ0) is 16.7. The van der Waals surface area contributed by atoms with Gasteiger partial charge in [-0.15, -0.1) is 0 Å². The van der Waals surface area contributed by atoms with Crippen LogP contribution in [0.3, 0.4) is 0 Å². The maximum absolute atomic E-state index is 14.3. The van der Waals surface area contributed by atoms with E-state index in [2.05, 4.69) is 6.92 Å². The quantitative estimate of drug-likeness (QED) is 0.464. The maximum atomic E-state index is 14.3. The van der Waals surface area contributed by atoms with Gasteiger partial charge in [0.2, 0.25) is 0 Å². The predicted molar refractivity (Wildman–Crippen MR) is 91.5 cm³/mol. The Morgan fingerprint density at radius 1 is 1.04 bits per heavy atom. The first kappa shape index (κ1) is 17.2. The molecule has 0 aliphatic heterocycles. The summed E-state index contributed by atoms with van der Waals surface area (Å²) >= 11 is 0. The lowest BCUT2D eigenvalue weighted by Gasteiger charge is -2.09. The Hall–Kier alpha value is -2.16. The topological polar surface area (TPSA) is 26.3 Å². The molecule has 0 aliphatic rings. The van der Waals surface area contributed by atoms with Crippen LogP contribution >= 0.6 is 0 Å². The second-order valence-electron chi connectivity index (χ2n) is 5.68. The lowest BCUT2D eigenvalue weighted by molar-refractivity contribution is 0.101. The second-order valence-corrected chi connectivity index (χ2v) is 5.68. The second kappa shape index (κ2) is 8.47. The van der Waals surface area contributed by atoms with Crippen molar-refractivity contribution in [3.63, 3.8) is 0 Å². The van der Waals surface area contributed by atoms with Gasteiger partial charge < -0.3 is 4.74 Å². The molecule has 2 aromatic carbocycles. The van der Waals surface area contributed by atoms with E-state index < -0.39 is 0 Å². The summed E-state index contributed by atoms with van der Waals surface area (Å²) in [5.41, 5.74) is 1.89. The van der Waals surface area contributed by atoms with E-state index in [-0.39, 0.29) is 11.6 Å². The number of carbonyl (C=O) groups is 1. The first-order valence-electron chi connectivity index (χ1n) is 8.15. The Bertz CT molecular complexity index is 647. The maximum Gasteiger partial charge on any atom is 0.159 e. The van der Waals surface area contributed by atoms with Gasteiger partial charge in [-0.3, -0.25) is 4.79 Å². The summed E-state index contributed by atoms with van der Waals surface area (Å²) < 4.78 is 19.9.